The minimum absolute atomic E-state index is 0.508. The largest absolute Gasteiger partial charge is 0.378 e. The van der Waals surface area contributed by atoms with Crippen molar-refractivity contribution in [1.29, 1.82) is 0 Å². The standard InChI is InChI=1S/C14H27NO/c1-3-14-9-13(6-7-16-14)15-10-12-5-4-11(2)8-12/h11-15H,3-10H2,1-2H3. The predicted octanol–water partition coefficient (Wildman–Crippen LogP) is 2.97. The topological polar surface area (TPSA) is 21.3 Å². The summed E-state index contributed by atoms with van der Waals surface area (Å²) in [6.45, 7) is 6.82. The summed E-state index contributed by atoms with van der Waals surface area (Å²) in [5.41, 5.74) is 0. The van der Waals surface area contributed by atoms with Crippen LogP contribution in [-0.4, -0.2) is 25.3 Å². The molecule has 0 bridgehead atoms. The summed E-state index contributed by atoms with van der Waals surface area (Å²) in [5, 5.41) is 3.77. The van der Waals surface area contributed by atoms with E-state index in [1.54, 1.807) is 0 Å². The van der Waals surface area contributed by atoms with E-state index in [1.807, 2.05) is 0 Å². The van der Waals surface area contributed by atoms with Crippen molar-refractivity contribution in [1.82, 2.24) is 5.32 Å². The molecule has 4 atom stereocenters. The fourth-order valence-corrected chi connectivity index (χ4v) is 3.19. The lowest BCUT2D eigenvalue weighted by molar-refractivity contribution is -0.000571. The van der Waals surface area contributed by atoms with E-state index in [2.05, 4.69) is 19.2 Å². The quantitative estimate of drug-likeness (QED) is 0.794. The van der Waals surface area contributed by atoms with Crippen LogP contribution in [0.2, 0.25) is 0 Å². The normalized spacial score (nSPS) is 40.1. The van der Waals surface area contributed by atoms with Gasteiger partial charge in [-0.05, 0) is 50.5 Å². The number of nitrogens with one attached hydrogen (secondary N) is 1. The van der Waals surface area contributed by atoms with Crippen LogP contribution in [0.15, 0.2) is 0 Å². The Balaban J connectivity index is 1.65. The van der Waals surface area contributed by atoms with Gasteiger partial charge in [-0.1, -0.05) is 20.3 Å². The Kier molecular flexibility index (Phi) is 4.66. The SMILES string of the molecule is CCC1CC(NCC2CCC(C)C2)CCO1. The molecule has 0 aromatic carbocycles. The Labute approximate surface area is 100 Å². The molecule has 2 nitrogen and oxygen atoms in total. The summed E-state index contributed by atoms with van der Waals surface area (Å²) in [6, 6.07) is 0.717. The van der Waals surface area contributed by atoms with Gasteiger partial charge < -0.3 is 10.1 Å². The van der Waals surface area contributed by atoms with Gasteiger partial charge in [-0.2, -0.15) is 0 Å². The highest BCUT2D eigenvalue weighted by molar-refractivity contribution is 4.80. The number of ether oxygens (including phenoxy) is 1. The Bertz CT molecular complexity index is 207. The lowest BCUT2D eigenvalue weighted by Crippen LogP contribution is -2.40. The second-order valence-electron chi connectivity index (χ2n) is 5.81. The van der Waals surface area contributed by atoms with E-state index in [4.69, 9.17) is 4.74 Å². The van der Waals surface area contributed by atoms with Crippen LogP contribution in [0, 0.1) is 11.8 Å². The van der Waals surface area contributed by atoms with Gasteiger partial charge in [-0.3, -0.25) is 0 Å². The molecule has 0 spiro atoms. The van der Waals surface area contributed by atoms with Gasteiger partial charge in [-0.25, -0.2) is 0 Å². The molecular formula is C14H27NO. The van der Waals surface area contributed by atoms with E-state index in [9.17, 15) is 0 Å². The first-order valence-corrected chi connectivity index (χ1v) is 7.13. The highest BCUT2D eigenvalue weighted by Crippen LogP contribution is 2.30. The molecule has 0 radical (unpaired) electrons. The molecule has 0 aromatic heterocycles. The Morgan fingerprint density at radius 3 is 2.75 bits per heavy atom. The van der Waals surface area contributed by atoms with E-state index < -0.39 is 0 Å². The summed E-state index contributed by atoms with van der Waals surface area (Å²) in [5.74, 6) is 1.91. The molecule has 2 rings (SSSR count). The van der Waals surface area contributed by atoms with Crippen molar-refractivity contribution in [3.05, 3.63) is 0 Å². The van der Waals surface area contributed by atoms with Gasteiger partial charge in [0.1, 0.15) is 0 Å². The summed E-state index contributed by atoms with van der Waals surface area (Å²) < 4.78 is 5.71. The van der Waals surface area contributed by atoms with Crippen molar-refractivity contribution < 1.29 is 4.74 Å². The summed E-state index contributed by atoms with van der Waals surface area (Å²) >= 11 is 0. The van der Waals surface area contributed by atoms with Gasteiger partial charge >= 0.3 is 0 Å². The minimum atomic E-state index is 0.508. The molecule has 1 heterocycles. The number of hydrogen-bond donors (Lipinski definition) is 1. The monoisotopic (exact) mass is 225 g/mol. The maximum Gasteiger partial charge on any atom is 0.0587 e. The first-order chi connectivity index (χ1) is 7.78. The average Bonchev–Trinajstić information content (AvgIpc) is 2.73. The van der Waals surface area contributed by atoms with Gasteiger partial charge in [0.15, 0.2) is 0 Å². The molecular weight excluding hydrogens is 198 g/mol. The zero-order chi connectivity index (χ0) is 11.4. The highest BCUT2D eigenvalue weighted by atomic mass is 16.5. The third-order valence-electron chi connectivity index (χ3n) is 4.32. The average molecular weight is 225 g/mol. The third kappa shape index (κ3) is 3.46. The van der Waals surface area contributed by atoms with Gasteiger partial charge in [0.2, 0.25) is 0 Å². The van der Waals surface area contributed by atoms with Crippen LogP contribution >= 0.6 is 0 Å². The summed E-state index contributed by atoms with van der Waals surface area (Å²) in [7, 11) is 0. The second kappa shape index (κ2) is 6.02. The lowest BCUT2D eigenvalue weighted by Gasteiger charge is -2.30. The van der Waals surface area contributed by atoms with Gasteiger partial charge in [-0.15, -0.1) is 0 Å². The van der Waals surface area contributed by atoms with Crippen molar-refractivity contribution in [2.75, 3.05) is 13.2 Å². The van der Waals surface area contributed by atoms with Crippen LogP contribution < -0.4 is 5.32 Å². The first-order valence-electron chi connectivity index (χ1n) is 7.13. The fourth-order valence-electron chi connectivity index (χ4n) is 3.19. The predicted molar refractivity (Wildman–Crippen MR) is 67.6 cm³/mol. The molecule has 4 unspecified atom stereocenters. The number of rotatable bonds is 4. The van der Waals surface area contributed by atoms with Crippen molar-refractivity contribution in [3.63, 3.8) is 0 Å². The van der Waals surface area contributed by atoms with Gasteiger partial charge in [0.05, 0.1) is 6.10 Å². The minimum Gasteiger partial charge on any atom is -0.378 e. The third-order valence-corrected chi connectivity index (χ3v) is 4.32. The van der Waals surface area contributed by atoms with Crippen molar-refractivity contribution in [2.24, 2.45) is 11.8 Å². The smallest absolute Gasteiger partial charge is 0.0587 e. The van der Waals surface area contributed by atoms with Crippen molar-refractivity contribution in [3.8, 4) is 0 Å². The molecule has 0 aromatic rings. The Morgan fingerprint density at radius 1 is 1.19 bits per heavy atom. The molecule has 1 N–H and O–H groups in total. The van der Waals surface area contributed by atoms with Crippen LogP contribution in [0.4, 0.5) is 0 Å². The summed E-state index contributed by atoms with van der Waals surface area (Å²) in [6.07, 6.45) is 8.42. The maximum absolute atomic E-state index is 5.71. The Hall–Kier alpha value is -0.0800. The van der Waals surface area contributed by atoms with Crippen molar-refractivity contribution >= 4 is 0 Å². The molecule has 1 saturated heterocycles. The van der Waals surface area contributed by atoms with E-state index in [0.29, 0.717) is 6.10 Å². The van der Waals surface area contributed by atoms with Crippen LogP contribution in [0.5, 0.6) is 0 Å². The molecule has 1 saturated carbocycles. The van der Waals surface area contributed by atoms with Crippen LogP contribution in [0.1, 0.15) is 52.4 Å². The van der Waals surface area contributed by atoms with E-state index >= 15 is 0 Å². The van der Waals surface area contributed by atoms with E-state index in [1.165, 1.54) is 45.1 Å². The van der Waals surface area contributed by atoms with E-state index in [-0.39, 0.29) is 0 Å². The zero-order valence-electron chi connectivity index (χ0n) is 10.9. The van der Waals surface area contributed by atoms with Crippen LogP contribution in [0.3, 0.4) is 0 Å². The molecule has 16 heavy (non-hydrogen) atoms. The molecule has 2 heteroatoms. The van der Waals surface area contributed by atoms with Crippen LogP contribution in [0.25, 0.3) is 0 Å². The Morgan fingerprint density at radius 2 is 2.06 bits per heavy atom. The zero-order valence-corrected chi connectivity index (χ0v) is 10.9. The highest BCUT2D eigenvalue weighted by Gasteiger charge is 2.24. The number of hydrogen-bond acceptors (Lipinski definition) is 2. The molecule has 94 valence electrons. The van der Waals surface area contributed by atoms with Gasteiger partial charge in [0, 0.05) is 12.6 Å². The summed E-state index contributed by atoms with van der Waals surface area (Å²) in [4.78, 5) is 0. The molecule has 2 aliphatic rings. The van der Waals surface area contributed by atoms with Crippen molar-refractivity contribution in [2.45, 2.75) is 64.5 Å². The molecule has 1 aliphatic heterocycles. The maximum atomic E-state index is 5.71. The molecule has 0 amide bonds. The lowest BCUT2D eigenvalue weighted by atomic mass is 10.00. The molecule has 1 aliphatic carbocycles. The van der Waals surface area contributed by atoms with Gasteiger partial charge in [0.25, 0.3) is 0 Å². The van der Waals surface area contributed by atoms with E-state index in [0.717, 1.165) is 24.5 Å². The second-order valence-corrected chi connectivity index (χ2v) is 5.81. The molecule has 2 fully saturated rings. The fraction of sp³-hybridized carbons (Fsp3) is 1.00. The van der Waals surface area contributed by atoms with Crippen LogP contribution in [-0.2, 0) is 4.74 Å². The first kappa shape index (κ1) is 12.4.